The standard InChI is InChI=1S/C29H24N2O6S/c1-3-19-16-17-31(26(19)4-2)38(36,37)23-13-10-21(11-14-23)28(33)30-25-15-12-22(18-24(25)29(34)35)27(32)20-8-6-5-7-9-20/h3-15,18H,1-2,16-17H2,(H,30,33)(H,34,35). The van der Waals surface area contributed by atoms with Crippen molar-refractivity contribution >= 4 is 33.4 Å². The summed E-state index contributed by atoms with van der Waals surface area (Å²) in [6, 6.07) is 17.7. The van der Waals surface area contributed by atoms with Crippen molar-refractivity contribution in [3.05, 3.63) is 132 Å². The average Bonchev–Trinajstić information content (AvgIpc) is 3.37. The van der Waals surface area contributed by atoms with Crippen LogP contribution in [-0.4, -0.2) is 42.0 Å². The van der Waals surface area contributed by atoms with E-state index in [0.717, 1.165) is 5.57 Å². The van der Waals surface area contributed by atoms with Crippen molar-refractivity contribution in [2.24, 2.45) is 0 Å². The Balaban J connectivity index is 1.55. The fourth-order valence-corrected chi connectivity index (χ4v) is 5.66. The van der Waals surface area contributed by atoms with Gasteiger partial charge in [0.2, 0.25) is 0 Å². The molecule has 0 bridgehead atoms. The number of anilines is 1. The summed E-state index contributed by atoms with van der Waals surface area (Å²) in [7, 11) is -3.88. The summed E-state index contributed by atoms with van der Waals surface area (Å²) in [5.74, 6) is -2.31. The molecule has 38 heavy (non-hydrogen) atoms. The van der Waals surface area contributed by atoms with Gasteiger partial charge in [-0.15, -0.1) is 0 Å². The second-order valence-corrected chi connectivity index (χ2v) is 10.2. The van der Waals surface area contributed by atoms with E-state index >= 15 is 0 Å². The summed E-state index contributed by atoms with van der Waals surface area (Å²) >= 11 is 0. The highest BCUT2D eigenvalue weighted by molar-refractivity contribution is 7.89. The van der Waals surface area contributed by atoms with E-state index in [1.54, 1.807) is 36.4 Å². The zero-order chi connectivity index (χ0) is 27.4. The lowest BCUT2D eigenvalue weighted by Gasteiger charge is -2.20. The number of allylic oxidation sites excluding steroid dienone is 2. The first kappa shape index (κ1) is 26.3. The molecule has 1 aliphatic heterocycles. The Bertz CT molecular complexity index is 1590. The van der Waals surface area contributed by atoms with Crippen molar-refractivity contribution in [2.75, 3.05) is 11.9 Å². The number of rotatable bonds is 9. The molecule has 0 atom stereocenters. The Morgan fingerprint density at radius 2 is 1.53 bits per heavy atom. The van der Waals surface area contributed by atoms with Crippen LogP contribution in [0.4, 0.5) is 5.69 Å². The molecule has 0 saturated carbocycles. The number of carbonyl (C=O) groups is 3. The van der Waals surface area contributed by atoms with Crippen molar-refractivity contribution in [1.82, 2.24) is 4.31 Å². The average molecular weight is 529 g/mol. The lowest BCUT2D eigenvalue weighted by atomic mass is 10.00. The second-order valence-electron chi connectivity index (χ2n) is 8.39. The van der Waals surface area contributed by atoms with Gasteiger partial charge in [-0.1, -0.05) is 49.6 Å². The summed E-state index contributed by atoms with van der Waals surface area (Å²) < 4.78 is 27.6. The molecule has 1 aliphatic rings. The third-order valence-electron chi connectivity index (χ3n) is 6.12. The van der Waals surface area contributed by atoms with Gasteiger partial charge in [0.1, 0.15) is 0 Å². The van der Waals surface area contributed by atoms with Crippen LogP contribution in [0.3, 0.4) is 0 Å². The number of nitrogens with one attached hydrogen (secondary N) is 1. The van der Waals surface area contributed by atoms with Crippen molar-refractivity contribution in [3.63, 3.8) is 0 Å². The molecule has 0 spiro atoms. The summed E-state index contributed by atoms with van der Waals surface area (Å²) in [5, 5.41) is 12.2. The number of ketones is 1. The van der Waals surface area contributed by atoms with Crippen LogP contribution in [0.2, 0.25) is 0 Å². The predicted molar refractivity (Wildman–Crippen MR) is 144 cm³/mol. The van der Waals surface area contributed by atoms with Crippen molar-refractivity contribution in [2.45, 2.75) is 11.3 Å². The van der Waals surface area contributed by atoms with Crippen LogP contribution in [0.15, 0.2) is 114 Å². The molecule has 3 aromatic carbocycles. The van der Waals surface area contributed by atoms with E-state index in [4.69, 9.17) is 0 Å². The summed E-state index contributed by atoms with van der Waals surface area (Å²) in [5.41, 5.74) is 1.69. The van der Waals surface area contributed by atoms with Crippen LogP contribution in [0.1, 0.15) is 43.1 Å². The Labute approximate surface area is 220 Å². The second kappa shape index (κ2) is 10.7. The maximum Gasteiger partial charge on any atom is 0.337 e. The van der Waals surface area contributed by atoms with E-state index in [1.165, 1.54) is 52.8 Å². The van der Waals surface area contributed by atoms with Gasteiger partial charge in [-0.25, -0.2) is 13.2 Å². The van der Waals surface area contributed by atoms with E-state index in [9.17, 15) is 27.9 Å². The SMILES string of the molecule is C=CC1=C(C=C)N(S(=O)(=O)c2ccc(C(=O)Nc3ccc(C(=O)c4ccccc4)cc3C(=O)O)cc2)CC1. The fraction of sp³-hybridized carbons (Fsp3) is 0.0690. The molecule has 3 aromatic rings. The number of nitrogens with zero attached hydrogens (tertiary/aromatic N) is 1. The minimum absolute atomic E-state index is 0.00130. The quantitative estimate of drug-likeness (QED) is 0.382. The number of sulfonamides is 1. The lowest BCUT2D eigenvalue weighted by Crippen LogP contribution is -2.27. The Morgan fingerprint density at radius 1 is 0.868 bits per heavy atom. The normalized spacial score (nSPS) is 13.2. The van der Waals surface area contributed by atoms with E-state index in [0.29, 0.717) is 17.7 Å². The van der Waals surface area contributed by atoms with Crippen LogP contribution >= 0.6 is 0 Å². The molecule has 2 N–H and O–H groups in total. The van der Waals surface area contributed by atoms with Crippen LogP contribution in [-0.2, 0) is 10.0 Å². The highest BCUT2D eigenvalue weighted by Crippen LogP contribution is 2.31. The molecule has 8 nitrogen and oxygen atoms in total. The van der Waals surface area contributed by atoms with Crippen LogP contribution < -0.4 is 5.32 Å². The first-order valence-electron chi connectivity index (χ1n) is 11.6. The number of aromatic carboxylic acids is 1. The number of amides is 1. The van der Waals surface area contributed by atoms with Crippen molar-refractivity contribution < 1.29 is 27.9 Å². The Morgan fingerprint density at radius 3 is 2.13 bits per heavy atom. The van der Waals surface area contributed by atoms with Gasteiger partial charge in [0, 0.05) is 23.2 Å². The zero-order valence-electron chi connectivity index (χ0n) is 20.3. The molecule has 192 valence electrons. The maximum atomic E-state index is 13.2. The molecular formula is C29H24N2O6S. The van der Waals surface area contributed by atoms with Gasteiger partial charge in [-0.2, -0.15) is 0 Å². The molecule has 0 unspecified atom stereocenters. The summed E-state index contributed by atoms with van der Waals surface area (Å²) in [6.07, 6.45) is 3.60. The van der Waals surface area contributed by atoms with E-state index in [1.807, 2.05) is 0 Å². The molecule has 0 saturated heterocycles. The minimum atomic E-state index is -3.88. The van der Waals surface area contributed by atoms with Gasteiger partial charge >= 0.3 is 5.97 Å². The number of hydrogen-bond donors (Lipinski definition) is 2. The largest absolute Gasteiger partial charge is 0.478 e. The molecule has 1 heterocycles. The maximum absolute atomic E-state index is 13.2. The van der Waals surface area contributed by atoms with Crippen molar-refractivity contribution in [3.8, 4) is 0 Å². The molecule has 0 fully saturated rings. The first-order chi connectivity index (χ1) is 18.2. The van der Waals surface area contributed by atoms with Crippen LogP contribution in [0.5, 0.6) is 0 Å². The van der Waals surface area contributed by atoms with Gasteiger partial charge in [0.15, 0.2) is 5.78 Å². The van der Waals surface area contributed by atoms with Crippen LogP contribution in [0, 0.1) is 0 Å². The Hall–Kier alpha value is -4.76. The lowest BCUT2D eigenvalue weighted by molar-refractivity contribution is 0.0698. The summed E-state index contributed by atoms with van der Waals surface area (Å²) in [4.78, 5) is 37.4. The van der Waals surface area contributed by atoms with Gasteiger partial charge in [-0.3, -0.25) is 13.9 Å². The smallest absolute Gasteiger partial charge is 0.337 e. The van der Waals surface area contributed by atoms with Gasteiger partial charge in [-0.05, 0) is 60.5 Å². The molecule has 0 radical (unpaired) electrons. The topological polar surface area (TPSA) is 121 Å². The molecular weight excluding hydrogens is 504 g/mol. The molecule has 0 aromatic heterocycles. The van der Waals surface area contributed by atoms with E-state index in [-0.39, 0.29) is 39.6 Å². The zero-order valence-corrected chi connectivity index (χ0v) is 21.1. The fourth-order valence-electron chi connectivity index (χ4n) is 4.15. The Kier molecular flexibility index (Phi) is 7.40. The first-order valence-corrected chi connectivity index (χ1v) is 13.0. The molecule has 9 heteroatoms. The number of benzene rings is 3. The third kappa shape index (κ3) is 5.05. The van der Waals surface area contributed by atoms with Gasteiger partial charge in [0.05, 0.1) is 21.8 Å². The number of carbonyl (C=O) groups excluding carboxylic acids is 2. The van der Waals surface area contributed by atoms with Gasteiger partial charge in [0.25, 0.3) is 15.9 Å². The van der Waals surface area contributed by atoms with Gasteiger partial charge < -0.3 is 10.4 Å². The van der Waals surface area contributed by atoms with E-state index < -0.39 is 21.9 Å². The number of carboxylic acid groups (broad SMARTS) is 1. The third-order valence-corrected chi connectivity index (χ3v) is 7.95. The minimum Gasteiger partial charge on any atom is -0.478 e. The molecule has 1 amide bonds. The molecule has 4 rings (SSSR count). The monoisotopic (exact) mass is 528 g/mol. The highest BCUT2D eigenvalue weighted by atomic mass is 32.2. The predicted octanol–water partition coefficient (Wildman–Crippen LogP) is 4.89. The number of carboxylic acids is 1. The molecule has 0 aliphatic carbocycles. The number of hydrogen-bond acceptors (Lipinski definition) is 5. The highest BCUT2D eigenvalue weighted by Gasteiger charge is 2.30. The van der Waals surface area contributed by atoms with Crippen molar-refractivity contribution in [1.29, 1.82) is 0 Å². The summed E-state index contributed by atoms with van der Waals surface area (Å²) in [6.45, 7) is 7.67. The van der Waals surface area contributed by atoms with E-state index in [2.05, 4.69) is 18.5 Å². The van der Waals surface area contributed by atoms with Crippen LogP contribution in [0.25, 0.3) is 0 Å².